The number of anilines is 1. The van der Waals surface area contributed by atoms with Crippen LogP contribution in [0.25, 0.3) is 0 Å². The maximum atomic E-state index is 13.0. The third kappa shape index (κ3) is 5.20. The normalized spacial score (nSPS) is 12.1. The van der Waals surface area contributed by atoms with Crippen molar-refractivity contribution in [2.24, 2.45) is 0 Å². The lowest BCUT2D eigenvalue weighted by atomic mass is 10.1. The Hall–Kier alpha value is -2.30. The molecule has 1 amide bonds. The number of rotatable bonds is 6. The van der Waals surface area contributed by atoms with Crippen LogP contribution in [-0.2, 0) is 16.2 Å². The molecule has 0 aliphatic carbocycles. The molecule has 0 aromatic heterocycles. The zero-order chi connectivity index (χ0) is 22.0. The van der Waals surface area contributed by atoms with Crippen LogP contribution >= 0.6 is 11.6 Å². The number of nitrogens with zero attached hydrogens (tertiary/aromatic N) is 1. The molecule has 0 unspecified atom stereocenters. The second-order valence-corrected chi connectivity index (χ2v) is 8.56. The zero-order valence-electron chi connectivity index (χ0n) is 15.7. The third-order valence-electron chi connectivity index (χ3n) is 3.81. The van der Waals surface area contributed by atoms with E-state index in [4.69, 9.17) is 16.3 Å². The van der Waals surface area contributed by atoms with Gasteiger partial charge in [0.25, 0.3) is 5.91 Å². The Balaban J connectivity index is 2.45. The molecule has 0 saturated carbocycles. The number of hydrogen-bond donors (Lipinski definition) is 1. The zero-order valence-corrected chi connectivity index (χ0v) is 17.2. The molecule has 0 atom stereocenters. The molecule has 29 heavy (non-hydrogen) atoms. The highest BCUT2D eigenvalue weighted by Crippen LogP contribution is 2.35. The van der Waals surface area contributed by atoms with Gasteiger partial charge in [0.15, 0.2) is 0 Å². The molecule has 0 heterocycles. The summed E-state index contributed by atoms with van der Waals surface area (Å²) in [5.74, 6) is -0.777. The van der Waals surface area contributed by atoms with E-state index >= 15 is 0 Å². The number of hydrogen-bond acceptors (Lipinski definition) is 4. The minimum Gasteiger partial charge on any atom is -0.492 e. The number of ether oxygens (including phenoxy) is 1. The molecule has 6 nitrogen and oxygen atoms in total. The fourth-order valence-electron chi connectivity index (χ4n) is 2.32. The average Bonchev–Trinajstić information content (AvgIpc) is 2.62. The Bertz CT molecular complexity index is 1020. The van der Waals surface area contributed by atoms with Crippen LogP contribution in [0, 0.1) is 0 Å². The van der Waals surface area contributed by atoms with Crippen LogP contribution in [0.2, 0.25) is 5.02 Å². The van der Waals surface area contributed by atoms with E-state index in [0.29, 0.717) is 0 Å². The summed E-state index contributed by atoms with van der Waals surface area (Å²) in [4.78, 5) is 12.3. The topological polar surface area (TPSA) is 75.7 Å². The maximum Gasteiger partial charge on any atom is 0.416 e. The second kappa shape index (κ2) is 8.60. The van der Waals surface area contributed by atoms with Crippen LogP contribution in [0.4, 0.5) is 18.9 Å². The molecule has 0 bridgehead atoms. The fraction of sp³-hybridized carbons (Fsp3) is 0.278. The largest absolute Gasteiger partial charge is 0.492 e. The molecule has 158 valence electrons. The van der Waals surface area contributed by atoms with Crippen LogP contribution in [0.1, 0.15) is 22.8 Å². The van der Waals surface area contributed by atoms with Gasteiger partial charge in [-0.3, -0.25) is 4.79 Å². The first-order valence-corrected chi connectivity index (χ1v) is 10.1. The summed E-state index contributed by atoms with van der Waals surface area (Å²) in [6, 6.07) is 6.23. The molecular formula is C18H18ClF3N2O4S. The molecule has 2 aromatic rings. The molecule has 0 spiro atoms. The van der Waals surface area contributed by atoms with E-state index in [2.05, 4.69) is 5.32 Å². The van der Waals surface area contributed by atoms with Crippen molar-refractivity contribution in [1.82, 2.24) is 4.31 Å². The van der Waals surface area contributed by atoms with Crippen LogP contribution < -0.4 is 10.1 Å². The second-order valence-electron chi connectivity index (χ2n) is 6.03. The first-order chi connectivity index (χ1) is 13.4. The van der Waals surface area contributed by atoms with Crippen molar-refractivity contribution in [3.8, 4) is 5.75 Å². The summed E-state index contributed by atoms with van der Waals surface area (Å²) in [7, 11) is -1.33. The Morgan fingerprint density at radius 2 is 1.83 bits per heavy atom. The van der Waals surface area contributed by atoms with Gasteiger partial charge >= 0.3 is 6.18 Å². The summed E-state index contributed by atoms with van der Waals surface area (Å²) in [6.45, 7) is 1.81. The van der Waals surface area contributed by atoms with Gasteiger partial charge < -0.3 is 10.1 Å². The lowest BCUT2D eigenvalue weighted by molar-refractivity contribution is -0.137. The lowest BCUT2D eigenvalue weighted by Gasteiger charge is -2.16. The molecule has 0 fully saturated rings. The molecule has 0 radical (unpaired) electrons. The van der Waals surface area contributed by atoms with E-state index in [9.17, 15) is 26.4 Å². The number of carbonyl (C=O) groups excluding carboxylic acids is 1. The van der Waals surface area contributed by atoms with Crippen LogP contribution in [-0.4, -0.2) is 39.3 Å². The predicted octanol–water partition coefficient (Wildman–Crippen LogP) is 4.26. The highest BCUT2D eigenvalue weighted by atomic mass is 35.5. The van der Waals surface area contributed by atoms with Gasteiger partial charge in [-0.05, 0) is 43.3 Å². The monoisotopic (exact) mass is 450 g/mol. The van der Waals surface area contributed by atoms with Gasteiger partial charge in [-0.15, -0.1) is 0 Å². The SMILES string of the molecule is CCOc1ccc(C(F)(F)F)cc1NC(=O)c1ccc(Cl)c(S(=O)(=O)N(C)C)c1. The van der Waals surface area contributed by atoms with Gasteiger partial charge in [-0.1, -0.05) is 11.6 Å². The Kier molecular flexibility index (Phi) is 6.82. The summed E-state index contributed by atoms with van der Waals surface area (Å²) in [5, 5.41) is 2.24. The Morgan fingerprint density at radius 3 is 2.38 bits per heavy atom. The molecule has 0 aliphatic rings. The van der Waals surface area contributed by atoms with E-state index in [1.165, 1.54) is 26.2 Å². The molecule has 1 N–H and O–H groups in total. The number of carbonyl (C=O) groups is 1. The van der Waals surface area contributed by atoms with Gasteiger partial charge in [0.2, 0.25) is 10.0 Å². The number of amides is 1. The van der Waals surface area contributed by atoms with Crippen molar-refractivity contribution in [3.63, 3.8) is 0 Å². The highest BCUT2D eigenvalue weighted by molar-refractivity contribution is 7.89. The smallest absolute Gasteiger partial charge is 0.416 e. The highest BCUT2D eigenvalue weighted by Gasteiger charge is 2.31. The third-order valence-corrected chi connectivity index (χ3v) is 6.10. The van der Waals surface area contributed by atoms with Gasteiger partial charge in [-0.25, -0.2) is 12.7 Å². The summed E-state index contributed by atoms with van der Waals surface area (Å²) >= 11 is 5.94. The minimum atomic E-state index is -4.61. The Labute approximate surface area is 171 Å². The minimum absolute atomic E-state index is 0.0453. The van der Waals surface area contributed by atoms with Crippen molar-refractivity contribution >= 4 is 33.2 Å². The van der Waals surface area contributed by atoms with Crippen molar-refractivity contribution in [2.45, 2.75) is 18.0 Å². The van der Waals surface area contributed by atoms with E-state index in [-0.39, 0.29) is 33.5 Å². The van der Waals surface area contributed by atoms with Crippen LogP contribution in [0.3, 0.4) is 0 Å². The summed E-state index contributed by atoms with van der Waals surface area (Å²) in [5.41, 5.74) is -1.27. The molecule has 2 aromatic carbocycles. The van der Waals surface area contributed by atoms with Crippen LogP contribution in [0.15, 0.2) is 41.3 Å². The van der Waals surface area contributed by atoms with Crippen molar-refractivity contribution in [1.29, 1.82) is 0 Å². The first kappa shape index (κ1) is 23.0. The maximum absolute atomic E-state index is 13.0. The lowest BCUT2D eigenvalue weighted by Crippen LogP contribution is -2.23. The van der Waals surface area contributed by atoms with E-state index in [1.54, 1.807) is 6.92 Å². The van der Waals surface area contributed by atoms with Crippen molar-refractivity contribution in [3.05, 3.63) is 52.5 Å². The molecule has 11 heteroatoms. The molecule has 0 saturated heterocycles. The van der Waals surface area contributed by atoms with Crippen LogP contribution in [0.5, 0.6) is 5.75 Å². The van der Waals surface area contributed by atoms with Gasteiger partial charge in [0, 0.05) is 19.7 Å². The molecule has 2 rings (SSSR count). The van der Waals surface area contributed by atoms with Crippen molar-refractivity contribution in [2.75, 3.05) is 26.0 Å². The molecule has 0 aliphatic heterocycles. The van der Waals surface area contributed by atoms with E-state index in [0.717, 1.165) is 28.6 Å². The predicted molar refractivity (Wildman–Crippen MR) is 103 cm³/mol. The van der Waals surface area contributed by atoms with Crippen molar-refractivity contribution < 1.29 is 31.1 Å². The number of nitrogens with one attached hydrogen (secondary N) is 1. The van der Waals surface area contributed by atoms with Gasteiger partial charge in [0.05, 0.1) is 22.9 Å². The number of benzene rings is 2. The van der Waals surface area contributed by atoms with E-state index in [1.807, 2.05) is 0 Å². The summed E-state index contributed by atoms with van der Waals surface area (Å²) in [6.07, 6.45) is -4.61. The standard InChI is InChI=1S/C18H18ClF3N2O4S/c1-4-28-15-8-6-12(18(20,21)22)10-14(15)23-17(25)11-5-7-13(19)16(9-11)29(26,27)24(2)3/h5-10H,4H2,1-3H3,(H,23,25). The number of halogens is 4. The average molecular weight is 451 g/mol. The molecular weight excluding hydrogens is 433 g/mol. The number of sulfonamides is 1. The Morgan fingerprint density at radius 1 is 1.17 bits per heavy atom. The van der Waals surface area contributed by atoms with Gasteiger partial charge in [0.1, 0.15) is 10.6 Å². The quantitative estimate of drug-likeness (QED) is 0.713. The van der Waals surface area contributed by atoms with E-state index < -0.39 is 27.7 Å². The number of alkyl halides is 3. The summed E-state index contributed by atoms with van der Waals surface area (Å²) < 4.78 is 69.9. The fourth-order valence-corrected chi connectivity index (χ4v) is 3.71. The van der Waals surface area contributed by atoms with Gasteiger partial charge in [-0.2, -0.15) is 13.2 Å². The first-order valence-electron chi connectivity index (χ1n) is 8.25.